The number of aryl methyl sites for hydroxylation is 1. The van der Waals surface area contributed by atoms with Gasteiger partial charge in [-0.05, 0) is 17.7 Å². The second-order valence-electron chi connectivity index (χ2n) is 6.93. The van der Waals surface area contributed by atoms with Crippen LogP contribution in [0.15, 0.2) is 65.6 Å². The molecule has 0 aliphatic carbocycles. The summed E-state index contributed by atoms with van der Waals surface area (Å²) in [6.45, 7) is 0. The highest BCUT2D eigenvalue weighted by atomic mass is 32.1. The molecule has 4 rings (SSSR count). The molecule has 4 aromatic rings. The summed E-state index contributed by atoms with van der Waals surface area (Å²) in [6, 6.07) is 13.4. The summed E-state index contributed by atoms with van der Waals surface area (Å²) in [6.07, 6.45) is -2.63. The van der Waals surface area contributed by atoms with Gasteiger partial charge in [-0.15, -0.1) is 11.3 Å². The topological polar surface area (TPSA) is 64.0 Å². The number of hydrogen-bond donors (Lipinski definition) is 1. The van der Waals surface area contributed by atoms with Crippen molar-refractivity contribution >= 4 is 33.3 Å². The van der Waals surface area contributed by atoms with Crippen LogP contribution >= 0.6 is 11.3 Å². The number of halogens is 3. The van der Waals surface area contributed by atoms with Crippen molar-refractivity contribution in [3.8, 4) is 0 Å². The molecule has 2 aromatic carbocycles. The molecule has 0 fully saturated rings. The zero-order valence-electron chi connectivity index (χ0n) is 16.2. The number of thiazole rings is 1. The molecule has 0 radical (unpaired) electrons. The number of rotatable bonds is 4. The molecule has 1 amide bonds. The third kappa shape index (κ3) is 4.36. The molecule has 0 bridgehead atoms. The minimum atomic E-state index is -4.40. The molecular weight excluding hydrogens is 427 g/mol. The van der Waals surface area contributed by atoms with Gasteiger partial charge in [-0.25, -0.2) is 4.98 Å². The van der Waals surface area contributed by atoms with Gasteiger partial charge in [0, 0.05) is 36.0 Å². The summed E-state index contributed by atoms with van der Waals surface area (Å²) in [5.74, 6) is -0.478. The molecule has 0 spiro atoms. The van der Waals surface area contributed by atoms with Crippen molar-refractivity contribution in [1.29, 1.82) is 0 Å². The van der Waals surface area contributed by atoms with E-state index in [1.807, 2.05) is 0 Å². The van der Waals surface area contributed by atoms with Crippen LogP contribution in [0.2, 0.25) is 0 Å². The van der Waals surface area contributed by atoms with Crippen LogP contribution in [0, 0.1) is 0 Å². The molecule has 1 N–H and O–H groups in total. The van der Waals surface area contributed by atoms with E-state index in [-0.39, 0.29) is 17.5 Å². The molecular formula is C22H16F3N3O2S. The third-order valence-electron chi connectivity index (χ3n) is 4.81. The fraction of sp³-hybridized carbons (Fsp3) is 0.136. The summed E-state index contributed by atoms with van der Waals surface area (Å²) in [5.41, 5.74) is 0.334. The quantitative estimate of drug-likeness (QED) is 0.490. The second-order valence-corrected chi connectivity index (χ2v) is 8.05. The van der Waals surface area contributed by atoms with Gasteiger partial charge < -0.3 is 4.57 Å². The summed E-state index contributed by atoms with van der Waals surface area (Å²) in [4.78, 5) is 29.9. The fourth-order valence-corrected chi connectivity index (χ4v) is 4.11. The van der Waals surface area contributed by atoms with Crippen molar-refractivity contribution < 1.29 is 18.0 Å². The fourth-order valence-electron chi connectivity index (χ4n) is 3.27. The minimum absolute atomic E-state index is 0.230. The lowest BCUT2D eigenvalue weighted by Gasteiger charge is -2.09. The highest BCUT2D eigenvalue weighted by molar-refractivity contribution is 7.15. The second kappa shape index (κ2) is 7.99. The van der Waals surface area contributed by atoms with Crippen LogP contribution in [0.4, 0.5) is 18.3 Å². The maximum Gasteiger partial charge on any atom is 0.416 e. The molecule has 0 aliphatic rings. The SMILES string of the molecule is Cn1c(=O)cc(C(=O)Nc2ncc(Cc3cccc(C(F)(F)F)c3)s2)c2ccccc21. The van der Waals surface area contributed by atoms with Gasteiger partial charge in [-0.1, -0.05) is 36.4 Å². The van der Waals surface area contributed by atoms with Crippen LogP contribution in [0.1, 0.15) is 26.4 Å². The van der Waals surface area contributed by atoms with Crippen LogP contribution in [0.5, 0.6) is 0 Å². The summed E-state index contributed by atoms with van der Waals surface area (Å²) >= 11 is 1.17. The Kier molecular flexibility index (Phi) is 5.36. The molecule has 0 atom stereocenters. The number of nitrogens with zero attached hydrogens (tertiary/aromatic N) is 2. The molecule has 5 nitrogen and oxygen atoms in total. The maximum atomic E-state index is 12.9. The zero-order chi connectivity index (χ0) is 22.2. The van der Waals surface area contributed by atoms with E-state index in [1.165, 1.54) is 34.2 Å². The van der Waals surface area contributed by atoms with E-state index in [0.717, 1.165) is 12.1 Å². The van der Waals surface area contributed by atoms with Gasteiger partial charge in [0.05, 0.1) is 16.6 Å². The predicted molar refractivity (Wildman–Crippen MR) is 114 cm³/mol. The molecule has 0 unspecified atom stereocenters. The molecule has 2 aromatic heterocycles. The van der Waals surface area contributed by atoms with Crippen LogP contribution in [0.3, 0.4) is 0 Å². The number of aromatic nitrogens is 2. The van der Waals surface area contributed by atoms with Crippen LogP contribution in [-0.2, 0) is 19.6 Å². The number of anilines is 1. The monoisotopic (exact) mass is 443 g/mol. The first-order valence-corrected chi connectivity index (χ1v) is 10.0. The van der Waals surface area contributed by atoms with Crippen molar-refractivity contribution in [1.82, 2.24) is 9.55 Å². The smallest absolute Gasteiger partial charge is 0.311 e. The molecule has 0 aliphatic heterocycles. The number of carbonyl (C=O) groups excluding carboxylic acids is 1. The number of carbonyl (C=O) groups is 1. The Morgan fingerprint density at radius 2 is 1.90 bits per heavy atom. The highest BCUT2D eigenvalue weighted by Gasteiger charge is 2.30. The van der Waals surface area contributed by atoms with Crippen molar-refractivity contribution in [2.24, 2.45) is 7.05 Å². The first-order chi connectivity index (χ1) is 14.7. The summed E-state index contributed by atoms with van der Waals surface area (Å²) in [7, 11) is 1.63. The number of para-hydroxylation sites is 1. The number of amides is 1. The standard InChI is InChI=1S/C22H16F3N3O2S/c1-28-18-8-3-2-7-16(18)17(11-19(28)29)20(30)27-21-26-12-15(31-21)10-13-5-4-6-14(9-13)22(23,24)25/h2-9,11-12H,10H2,1H3,(H,26,27,30). The largest absolute Gasteiger partial charge is 0.416 e. The van der Waals surface area contributed by atoms with Gasteiger partial charge in [0.1, 0.15) is 0 Å². The van der Waals surface area contributed by atoms with Gasteiger partial charge >= 0.3 is 6.18 Å². The molecule has 158 valence electrons. The van der Waals surface area contributed by atoms with E-state index >= 15 is 0 Å². The molecule has 9 heteroatoms. The number of pyridine rings is 1. The third-order valence-corrected chi connectivity index (χ3v) is 5.72. The molecule has 31 heavy (non-hydrogen) atoms. The number of nitrogens with one attached hydrogen (secondary N) is 1. The Morgan fingerprint density at radius 3 is 2.68 bits per heavy atom. The van der Waals surface area contributed by atoms with Crippen LogP contribution in [-0.4, -0.2) is 15.5 Å². The Hall–Kier alpha value is -3.46. The van der Waals surface area contributed by atoms with Gasteiger partial charge in [-0.3, -0.25) is 14.9 Å². The molecule has 0 saturated heterocycles. The number of alkyl halides is 3. The average Bonchev–Trinajstić information content (AvgIpc) is 3.17. The Bertz CT molecular complexity index is 1340. The Labute approximate surface area is 178 Å². The van der Waals surface area contributed by atoms with Crippen molar-refractivity contribution in [3.05, 3.63) is 92.7 Å². The van der Waals surface area contributed by atoms with E-state index in [9.17, 15) is 22.8 Å². The maximum absolute atomic E-state index is 12.9. The van der Waals surface area contributed by atoms with E-state index in [0.29, 0.717) is 26.5 Å². The Morgan fingerprint density at radius 1 is 1.13 bits per heavy atom. The average molecular weight is 443 g/mol. The first kappa shape index (κ1) is 20.8. The van der Waals surface area contributed by atoms with Crippen molar-refractivity contribution in [2.45, 2.75) is 12.6 Å². The van der Waals surface area contributed by atoms with E-state index in [4.69, 9.17) is 0 Å². The highest BCUT2D eigenvalue weighted by Crippen LogP contribution is 2.30. The van der Waals surface area contributed by atoms with Crippen LogP contribution in [0.25, 0.3) is 10.9 Å². The minimum Gasteiger partial charge on any atom is -0.311 e. The van der Waals surface area contributed by atoms with Gasteiger partial charge in [0.2, 0.25) is 0 Å². The van der Waals surface area contributed by atoms with E-state index in [2.05, 4.69) is 10.3 Å². The van der Waals surface area contributed by atoms with Crippen LogP contribution < -0.4 is 10.9 Å². The van der Waals surface area contributed by atoms with Gasteiger partial charge in [0.25, 0.3) is 11.5 Å². The normalized spacial score (nSPS) is 11.6. The van der Waals surface area contributed by atoms with Crippen molar-refractivity contribution in [2.75, 3.05) is 5.32 Å². The first-order valence-electron chi connectivity index (χ1n) is 9.23. The predicted octanol–water partition coefficient (Wildman–Crippen LogP) is 4.86. The Balaban J connectivity index is 1.55. The van der Waals surface area contributed by atoms with E-state index in [1.54, 1.807) is 37.4 Å². The summed E-state index contributed by atoms with van der Waals surface area (Å²) < 4.78 is 40.2. The number of fused-ring (bicyclic) bond motifs is 1. The number of benzene rings is 2. The lowest BCUT2D eigenvalue weighted by atomic mass is 10.1. The lowest BCUT2D eigenvalue weighted by molar-refractivity contribution is -0.137. The van der Waals surface area contributed by atoms with Crippen molar-refractivity contribution in [3.63, 3.8) is 0 Å². The van der Waals surface area contributed by atoms with Gasteiger partial charge in [-0.2, -0.15) is 13.2 Å². The van der Waals surface area contributed by atoms with Gasteiger partial charge in [0.15, 0.2) is 5.13 Å². The van der Waals surface area contributed by atoms with E-state index < -0.39 is 17.6 Å². The number of hydrogen-bond acceptors (Lipinski definition) is 4. The zero-order valence-corrected chi connectivity index (χ0v) is 17.1. The summed E-state index contributed by atoms with van der Waals surface area (Å²) in [5, 5.41) is 3.61. The lowest BCUT2D eigenvalue weighted by Crippen LogP contribution is -2.21. The molecule has 2 heterocycles. The molecule has 0 saturated carbocycles.